The Bertz CT molecular complexity index is 899. The third kappa shape index (κ3) is 3.02. The second kappa shape index (κ2) is 6.82. The van der Waals surface area contributed by atoms with Gasteiger partial charge in [0.25, 0.3) is 0 Å². The summed E-state index contributed by atoms with van der Waals surface area (Å²) in [6.07, 6.45) is 1.83. The predicted molar refractivity (Wildman–Crippen MR) is 104 cm³/mol. The van der Waals surface area contributed by atoms with Crippen molar-refractivity contribution in [2.24, 2.45) is 5.92 Å². The Labute approximate surface area is 153 Å². The van der Waals surface area contributed by atoms with Gasteiger partial charge >= 0.3 is 0 Å². The lowest BCUT2D eigenvalue weighted by molar-refractivity contribution is -0.0108. The first kappa shape index (κ1) is 17.2. The van der Waals surface area contributed by atoms with E-state index in [1.54, 1.807) is 12.1 Å². The summed E-state index contributed by atoms with van der Waals surface area (Å²) in [6, 6.07) is 20.7. The van der Waals surface area contributed by atoms with Gasteiger partial charge in [-0.05, 0) is 79.0 Å². The molecule has 3 aromatic rings. The fraction of sp³-hybridized carbons (Fsp3) is 0.304. The van der Waals surface area contributed by atoms with Gasteiger partial charge in [-0.15, -0.1) is 0 Å². The van der Waals surface area contributed by atoms with Crippen molar-refractivity contribution in [2.45, 2.75) is 18.4 Å². The molecule has 1 saturated heterocycles. The van der Waals surface area contributed by atoms with Crippen LogP contribution in [0.2, 0.25) is 0 Å². The van der Waals surface area contributed by atoms with Gasteiger partial charge in [-0.25, -0.2) is 4.39 Å². The van der Waals surface area contributed by atoms with E-state index >= 15 is 0 Å². The van der Waals surface area contributed by atoms with E-state index in [0.29, 0.717) is 0 Å². The summed E-state index contributed by atoms with van der Waals surface area (Å²) in [7, 11) is 2.11. The fourth-order valence-electron chi connectivity index (χ4n) is 4.19. The van der Waals surface area contributed by atoms with E-state index in [9.17, 15) is 9.50 Å². The molecule has 134 valence electrons. The maximum absolute atomic E-state index is 13.5. The highest BCUT2D eigenvalue weighted by Crippen LogP contribution is 2.42. The smallest absolute Gasteiger partial charge is 0.123 e. The number of hydrogen-bond acceptors (Lipinski definition) is 2. The number of rotatable bonds is 3. The Morgan fingerprint density at radius 3 is 2.19 bits per heavy atom. The number of piperidine rings is 1. The van der Waals surface area contributed by atoms with Crippen molar-refractivity contribution in [1.82, 2.24) is 4.90 Å². The highest BCUT2D eigenvalue weighted by Gasteiger charge is 2.41. The standard InChI is InChI=1S/C23H24FNO/c1-25-14-12-20(13-15-25)23(26,19-8-10-22(24)11-9-19)21-7-6-17-4-2-3-5-18(17)16-21/h2-11,16,20,26H,12-15H2,1H3. The molecule has 3 heteroatoms. The first-order valence-corrected chi connectivity index (χ1v) is 9.23. The van der Waals surface area contributed by atoms with Crippen molar-refractivity contribution in [3.8, 4) is 0 Å². The third-order valence-corrected chi connectivity index (χ3v) is 5.78. The number of likely N-dealkylation sites (tertiary alicyclic amines) is 1. The minimum Gasteiger partial charge on any atom is -0.380 e. The second-order valence-corrected chi connectivity index (χ2v) is 7.41. The quantitative estimate of drug-likeness (QED) is 0.749. The molecule has 0 radical (unpaired) electrons. The summed E-state index contributed by atoms with van der Waals surface area (Å²) in [4.78, 5) is 2.29. The van der Waals surface area contributed by atoms with Gasteiger partial charge in [0.05, 0.1) is 0 Å². The molecule has 4 rings (SSSR count). The van der Waals surface area contributed by atoms with Crippen LogP contribution in [-0.4, -0.2) is 30.1 Å². The average molecular weight is 349 g/mol. The van der Waals surface area contributed by atoms with E-state index in [1.807, 2.05) is 18.2 Å². The van der Waals surface area contributed by atoms with E-state index in [1.165, 1.54) is 12.1 Å². The molecule has 3 aromatic carbocycles. The molecule has 0 bridgehead atoms. The summed E-state index contributed by atoms with van der Waals surface area (Å²) < 4.78 is 13.5. The fourth-order valence-corrected chi connectivity index (χ4v) is 4.19. The Morgan fingerprint density at radius 2 is 1.50 bits per heavy atom. The highest BCUT2D eigenvalue weighted by atomic mass is 19.1. The molecule has 1 N–H and O–H groups in total. The Morgan fingerprint density at radius 1 is 0.885 bits per heavy atom. The third-order valence-electron chi connectivity index (χ3n) is 5.78. The Hall–Kier alpha value is -2.23. The van der Waals surface area contributed by atoms with Gasteiger partial charge in [0, 0.05) is 0 Å². The molecule has 1 fully saturated rings. The van der Waals surface area contributed by atoms with E-state index in [4.69, 9.17) is 0 Å². The molecule has 1 atom stereocenters. The van der Waals surface area contributed by atoms with Gasteiger partial charge < -0.3 is 10.0 Å². The predicted octanol–water partition coefficient (Wildman–Crippen LogP) is 4.56. The van der Waals surface area contributed by atoms with Crippen molar-refractivity contribution in [1.29, 1.82) is 0 Å². The molecule has 0 saturated carbocycles. The van der Waals surface area contributed by atoms with Gasteiger partial charge in [0.15, 0.2) is 0 Å². The molecular weight excluding hydrogens is 325 g/mol. The van der Waals surface area contributed by atoms with Crippen LogP contribution in [0.1, 0.15) is 24.0 Å². The van der Waals surface area contributed by atoms with Crippen LogP contribution in [-0.2, 0) is 5.60 Å². The monoisotopic (exact) mass is 349 g/mol. The summed E-state index contributed by atoms with van der Waals surface area (Å²) >= 11 is 0. The lowest BCUT2D eigenvalue weighted by Crippen LogP contribution is -2.43. The maximum Gasteiger partial charge on any atom is 0.123 e. The summed E-state index contributed by atoms with van der Waals surface area (Å²) in [5.41, 5.74) is 0.542. The lowest BCUT2D eigenvalue weighted by atomic mass is 9.72. The molecule has 0 amide bonds. The maximum atomic E-state index is 13.5. The number of nitrogens with zero attached hydrogens (tertiary/aromatic N) is 1. The van der Waals surface area contributed by atoms with Crippen molar-refractivity contribution < 1.29 is 9.50 Å². The summed E-state index contributed by atoms with van der Waals surface area (Å²) in [5.74, 6) is -0.177. The van der Waals surface area contributed by atoms with Gasteiger partial charge in [0.1, 0.15) is 11.4 Å². The first-order valence-electron chi connectivity index (χ1n) is 9.23. The normalized spacial score (nSPS) is 18.7. The zero-order valence-electron chi connectivity index (χ0n) is 15.0. The van der Waals surface area contributed by atoms with E-state index in [2.05, 4.69) is 36.2 Å². The summed E-state index contributed by atoms with van der Waals surface area (Å²) in [6.45, 7) is 1.92. The van der Waals surface area contributed by atoms with Gasteiger partial charge in [-0.2, -0.15) is 0 Å². The molecule has 1 aliphatic rings. The number of halogens is 1. The Kier molecular flexibility index (Phi) is 4.51. The molecule has 1 heterocycles. The lowest BCUT2D eigenvalue weighted by Gasteiger charge is -2.41. The van der Waals surface area contributed by atoms with Crippen LogP contribution >= 0.6 is 0 Å². The molecule has 1 unspecified atom stereocenters. The SMILES string of the molecule is CN1CCC(C(O)(c2ccc(F)cc2)c2ccc3ccccc3c2)CC1. The molecular formula is C23H24FNO. The van der Waals surface area contributed by atoms with Crippen molar-refractivity contribution in [3.05, 3.63) is 83.7 Å². The summed E-state index contributed by atoms with van der Waals surface area (Å²) in [5, 5.41) is 14.2. The second-order valence-electron chi connectivity index (χ2n) is 7.41. The molecule has 0 spiro atoms. The first-order chi connectivity index (χ1) is 12.6. The van der Waals surface area contributed by atoms with Crippen LogP contribution in [0.3, 0.4) is 0 Å². The van der Waals surface area contributed by atoms with Crippen LogP contribution in [0.15, 0.2) is 66.7 Å². The molecule has 26 heavy (non-hydrogen) atoms. The largest absolute Gasteiger partial charge is 0.380 e. The number of hydrogen-bond donors (Lipinski definition) is 1. The molecule has 2 nitrogen and oxygen atoms in total. The number of fused-ring (bicyclic) bond motifs is 1. The van der Waals surface area contributed by atoms with Crippen molar-refractivity contribution in [2.75, 3.05) is 20.1 Å². The Balaban J connectivity index is 1.84. The van der Waals surface area contributed by atoms with Crippen LogP contribution in [0.4, 0.5) is 4.39 Å². The van der Waals surface area contributed by atoms with Gasteiger partial charge in [-0.3, -0.25) is 0 Å². The number of aliphatic hydroxyl groups is 1. The van der Waals surface area contributed by atoms with Crippen LogP contribution in [0.25, 0.3) is 10.8 Å². The van der Waals surface area contributed by atoms with Crippen LogP contribution in [0, 0.1) is 11.7 Å². The van der Waals surface area contributed by atoms with Crippen molar-refractivity contribution in [3.63, 3.8) is 0 Å². The van der Waals surface area contributed by atoms with E-state index in [0.717, 1.165) is 47.8 Å². The molecule has 0 aliphatic carbocycles. The topological polar surface area (TPSA) is 23.5 Å². The van der Waals surface area contributed by atoms with Crippen molar-refractivity contribution >= 4 is 10.8 Å². The van der Waals surface area contributed by atoms with Crippen LogP contribution < -0.4 is 0 Å². The average Bonchev–Trinajstić information content (AvgIpc) is 2.68. The minimum atomic E-state index is -1.11. The van der Waals surface area contributed by atoms with E-state index in [-0.39, 0.29) is 11.7 Å². The number of benzene rings is 3. The minimum absolute atomic E-state index is 0.102. The van der Waals surface area contributed by atoms with Gasteiger partial charge in [-0.1, -0.05) is 48.5 Å². The zero-order valence-corrected chi connectivity index (χ0v) is 15.0. The highest BCUT2D eigenvalue weighted by molar-refractivity contribution is 5.83. The van der Waals surface area contributed by atoms with Crippen LogP contribution in [0.5, 0.6) is 0 Å². The van der Waals surface area contributed by atoms with E-state index < -0.39 is 5.60 Å². The molecule has 0 aromatic heterocycles. The zero-order chi connectivity index (χ0) is 18.1. The van der Waals surface area contributed by atoms with Gasteiger partial charge in [0.2, 0.25) is 0 Å². The molecule has 1 aliphatic heterocycles.